The van der Waals surface area contributed by atoms with Crippen molar-refractivity contribution in [3.8, 4) is 0 Å². The molecule has 1 aliphatic heterocycles. The summed E-state index contributed by atoms with van der Waals surface area (Å²) in [5, 5.41) is 2.02. The van der Waals surface area contributed by atoms with Gasteiger partial charge in [-0.15, -0.1) is 0 Å². The van der Waals surface area contributed by atoms with Gasteiger partial charge in [0.1, 0.15) is 5.65 Å². The van der Waals surface area contributed by atoms with Crippen molar-refractivity contribution in [1.29, 1.82) is 0 Å². The summed E-state index contributed by atoms with van der Waals surface area (Å²) in [6.45, 7) is 5.76. The zero-order chi connectivity index (χ0) is 15.5. The Morgan fingerprint density at radius 1 is 1.27 bits per heavy atom. The van der Waals surface area contributed by atoms with E-state index in [9.17, 15) is 4.79 Å². The molecular weight excluding hydrogens is 278 g/mol. The van der Waals surface area contributed by atoms with Crippen LogP contribution in [0.25, 0.3) is 5.65 Å². The standard InChI is InChI=1S/C16H23N5O/c1-13-14(21-8-4-3-5-15(21)17-13)6-7-16(22)18-20-11-9-19(2)10-12-20/h3-5,8H,6-7,9-12H2,1-2H3,(H,18,22). The summed E-state index contributed by atoms with van der Waals surface area (Å²) >= 11 is 0. The molecule has 118 valence electrons. The number of amides is 1. The number of nitrogens with one attached hydrogen (secondary N) is 1. The van der Waals surface area contributed by atoms with Gasteiger partial charge in [-0.25, -0.2) is 9.99 Å². The fourth-order valence-electron chi connectivity index (χ4n) is 2.85. The molecule has 1 fully saturated rings. The van der Waals surface area contributed by atoms with Crippen LogP contribution in [0.1, 0.15) is 17.8 Å². The lowest BCUT2D eigenvalue weighted by molar-refractivity contribution is -0.126. The predicted octanol–water partition coefficient (Wildman–Crippen LogP) is 0.854. The van der Waals surface area contributed by atoms with E-state index in [1.807, 2.05) is 36.3 Å². The molecule has 0 atom stereocenters. The van der Waals surface area contributed by atoms with Crippen molar-refractivity contribution in [1.82, 2.24) is 24.7 Å². The Balaban J connectivity index is 1.57. The van der Waals surface area contributed by atoms with Crippen LogP contribution in [0, 0.1) is 6.92 Å². The van der Waals surface area contributed by atoms with Crippen LogP contribution in [0.4, 0.5) is 0 Å². The monoisotopic (exact) mass is 301 g/mol. The number of carbonyl (C=O) groups is 1. The highest BCUT2D eigenvalue weighted by Gasteiger charge is 2.16. The summed E-state index contributed by atoms with van der Waals surface area (Å²) in [4.78, 5) is 18.9. The van der Waals surface area contributed by atoms with Gasteiger partial charge in [0.25, 0.3) is 0 Å². The highest BCUT2D eigenvalue weighted by Crippen LogP contribution is 2.13. The Bertz CT molecular complexity index is 658. The highest BCUT2D eigenvalue weighted by atomic mass is 16.2. The predicted molar refractivity (Wildman–Crippen MR) is 85.5 cm³/mol. The molecule has 0 unspecified atom stereocenters. The molecule has 2 aromatic rings. The van der Waals surface area contributed by atoms with E-state index >= 15 is 0 Å². The second-order valence-corrected chi connectivity index (χ2v) is 5.90. The molecular formula is C16H23N5O. The summed E-state index contributed by atoms with van der Waals surface area (Å²) in [7, 11) is 2.10. The summed E-state index contributed by atoms with van der Waals surface area (Å²) < 4.78 is 2.07. The average molecular weight is 301 g/mol. The molecule has 0 saturated carbocycles. The van der Waals surface area contributed by atoms with Gasteiger partial charge in [-0.05, 0) is 32.5 Å². The van der Waals surface area contributed by atoms with Gasteiger partial charge in [0.05, 0.1) is 5.69 Å². The van der Waals surface area contributed by atoms with Crippen molar-refractivity contribution in [2.75, 3.05) is 33.2 Å². The number of aromatic nitrogens is 2. The first-order valence-corrected chi connectivity index (χ1v) is 7.79. The second-order valence-electron chi connectivity index (χ2n) is 5.90. The van der Waals surface area contributed by atoms with Gasteiger partial charge in [0.15, 0.2) is 0 Å². The van der Waals surface area contributed by atoms with E-state index in [-0.39, 0.29) is 5.91 Å². The molecule has 22 heavy (non-hydrogen) atoms. The number of rotatable bonds is 4. The number of hydrogen-bond acceptors (Lipinski definition) is 4. The fraction of sp³-hybridized carbons (Fsp3) is 0.500. The van der Waals surface area contributed by atoms with Crippen LogP contribution in [-0.2, 0) is 11.2 Å². The first-order chi connectivity index (χ1) is 10.6. The molecule has 3 heterocycles. The molecule has 1 N–H and O–H groups in total. The molecule has 0 aromatic carbocycles. The molecule has 3 rings (SSSR count). The van der Waals surface area contributed by atoms with Crippen LogP contribution in [0.2, 0.25) is 0 Å². The number of imidazole rings is 1. The van der Waals surface area contributed by atoms with Crippen LogP contribution in [0.15, 0.2) is 24.4 Å². The van der Waals surface area contributed by atoms with Crippen LogP contribution < -0.4 is 5.43 Å². The molecule has 1 saturated heterocycles. The molecule has 0 bridgehead atoms. The van der Waals surface area contributed by atoms with Crippen molar-refractivity contribution < 1.29 is 4.79 Å². The molecule has 0 radical (unpaired) electrons. The first-order valence-electron chi connectivity index (χ1n) is 7.79. The Morgan fingerprint density at radius 3 is 2.82 bits per heavy atom. The Morgan fingerprint density at radius 2 is 2.05 bits per heavy atom. The largest absolute Gasteiger partial charge is 0.304 e. The van der Waals surface area contributed by atoms with Gasteiger partial charge in [-0.1, -0.05) is 6.07 Å². The van der Waals surface area contributed by atoms with Gasteiger partial charge < -0.3 is 9.30 Å². The lowest BCUT2D eigenvalue weighted by atomic mass is 10.2. The van der Waals surface area contributed by atoms with Crippen LogP contribution >= 0.6 is 0 Å². The highest BCUT2D eigenvalue weighted by molar-refractivity contribution is 5.75. The van der Waals surface area contributed by atoms with Crippen molar-refractivity contribution in [2.24, 2.45) is 0 Å². The third-order valence-corrected chi connectivity index (χ3v) is 4.20. The first kappa shape index (κ1) is 15.0. The van der Waals surface area contributed by atoms with Crippen molar-refractivity contribution in [3.05, 3.63) is 35.8 Å². The second kappa shape index (κ2) is 6.46. The number of likely N-dealkylation sites (N-methyl/N-ethyl adjacent to an activating group) is 1. The number of pyridine rings is 1. The lowest BCUT2D eigenvalue weighted by Gasteiger charge is -2.32. The number of piperazine rings is 1. The normalized spacial score (nSPS) is 17.0. The summed E-state index contributed by atoms with van der Waals surface area (Å²) in [5.74, 6) is 0.0786. The number of carbonyl (C=O) groups excluding carboxylic acids is 1. The maximum Gasteiger partial charge on any atom is 0.234 e. The summed E-state index contributed by atoms with van der Waals surface area (Å²) in [6.07, 6.45) is 3.19. The van der Waals surface area contributed by atoms with Crippen molar-refractivity contribution >= 4 is 11.6 Å². The Hall–Kier alpha value is -1.92. The van der Waals surface area contributed by atoms with Crippen LogP contribution in [-0.4, -0.2) is 58.4 Å². The Kier molecular flexibility index (Phi) is 4.40. The summed E-state index contributed by atoms with van der Waals surface area (Å²) in [5.41, 5.74) is 6.06. The fourth-order valence-corrected chi connectivity index (χ4v) is 2.85. The average Bonchev–Trinajstić information content (AvgIpc) is 2.83. The van der Waals surface area contributed by atoms with Crippen LogP contribution in [0.3, 0.4) is 0 Å². The number of hydrogen-bond donors (Lipinski definition) is 1. The van der Waals surface area contributed by atoms with E-state index in [0.29, 0.717) is 12.8 Å². The van der Waals surface area contributed by atoms with E-state index in [1.165, 1.54) is 0 Å². The zero-order valence-corrected chi connectivity index (χ0v) is 13.2. The smallest absolute Gasteiger partial charge is 0.234 e. The molecule has 6 nitrogen and oxygen atoms in total. The van der Waals surface area contributed by atoms with E-state index < -0.39 is 0 Å². The van der Waals surface area contributed by atoms with Gasteiger partial charge >= 0.3 is 0 Å². The third kappa shape index (κ3) is 3.28. The quantitative estimate of drug-likeness (QED) is 0.910. The molecule has 6 heteroatoms. The van der Waals surface area contributed by atoms with Crippen molar-refractivity contribution in [3.63, 3.8) is 0 Å². The maximum absolute atomic E-state index is 12.1. The number of fused-ring (bicyclic) bond motifs is 1. The SMILES string of the molecule is Cc1nc2ccccn2c1CCC(=O)NN1CCN(C)CC1. The van der Waals surface area contributed by atoms with Gasteiger partial charge in [0, 0.05) is 44.5 Å². The van der Waals surface area contributed by atoms with E-state index in [0.717, 1.165) is 43.2 Å². The topological polar surface area (TPSA) is 52.9 Å². The van der Waals surface area contributed by atoms with Gasteiger partial charge in [-0.3, -0.25) is 10.2 Å². The summed E-state index contributed by atoms with van der Waals surface area (Å²) in [6, 6.07) is 5.95. The minimum Gasteiger partial charge on any atom is -0.304 e. The van der Waals surface area contributed by atoms with Crippen LogP contribution in [0.5, 0.6) is 0 Å². The minimum absolute atomic E-state index is 0.0786. The van der Waals surface area contributed by atoms with E-state index in [2.05, 4.69) is 26.8 Å². The number of aryl methyl sites for hydroxylation is 2. The lowest BCUT2D eigenvalue weighted by Crippen LogP contribution is -2.52. The molecule has 1 aliphatic rings. The minimum atomic E-state index is 0.0786. The van der Waals surface area contributed by atoms with Gasteiger partial charge in [0.2, 0.25) is 5.91 Å². The third-order valence-electron chi connectivity index (χ3n) is 4.20. The van der Waals surface area contributed by atoms with E-state index in [1.54, 1.807) is 0 Å². The van der Waals surface area contributed by atoms with Gasteiger partial charge in [-0.2, -0.15) is 0 Å². The number of nitrogens with zero attached hydrogens (tertiary/aromatic N) is 4. The van der Waals surface area contributed by atoms with Crippen molar-refractivity contribution in [2.45, 2.75) is 19.8 Å². The Labute approximate surface area is 130 Å². The molecule has 0 aliphatic carbocycles. The zero-order valence-electron chi connectivity index (χ0n) is 13.2. The maximum atomic E-state index is 12.1. The molecule has 1 amide bonds. The van der Waals surface area contributed by atoms with E-state index in [4.69, 9.17) is 0 Å². The molecule has 0 spiro atoms. The molecule has 2 aromatic heterocycles. The number of hydrazine groups is 1.